The number of aliphatic hydroxyl groups is 1. The minimum absolute atomic E-state index is 0.0353. The molecule has 3 heteroatoms. The Morgan fingerprint density at radius 3 is 2.69 bits per heavy atom. The quantitative estimate of drug-likeness (QED) is 0.762. The highest BCUT2D eigenvalue weighted by atomic mass is 19.1. The van der Waals surface area contributed by atoms with E-state index in [4.69, 9.17) is 0 Å². The summed E-state index contributed by atoms with van der Waals surface area (Å²) in [6.45, 7) is 0. The van der Waals surface area contributed by atoms with Gasteiger partial charge in [-0.2, -0.15) is 0 Å². The molecule has 0 saturated carbocycles. The third-order valence-corrected chi connectivity index (χ3v) is 2.93. The van der Waals surface area contributed by atoms with Crippen LogP contribution in [0, 0.1) is 11.6 Å². The molecule has 1 aliphatic carbocycles. The van der Waals surface area contributed by atoms with Crippen molar-refractivity contribution in [2.45, 2.75) is 31.8 Å². The second-order valence-corrected chi connectivity index (χ2v) is 4.09. The second-order valence-electron chi connectivity index (χ2n) is 4.09. The minimum atomic E-state index is -1.00. The van der Waals surface area contributed by atoms with Crippen LogP contribution >= 0.6 is 0 Å². The summed E-state index contributed by atoms with van der Waals surface area (Å²) in [5.74, 6) is -1.08. The molecule has 0 heterocycles. The Labute approximate surface area is 93.4 Å². The van der Waals surface area contributed by atoms with Gasteiger partial charge in [0.25, 0.3) is 0 Å². The van der Waals surface area contributed by atoms with Gasteiger partial charge in [-0.1, -0.05) is 6.08 Å². The van der Waals surface area contributed by atoms with Crippen molar-refractivity contribution in [2.75, 3.05) is 0 Å². The first-order valence-corrected chi connectivity index (χ1v) is 5.50. The molecule has 1 nitrogen and oxygen atoms in total. The lowest BCUT2D eigenvalue weighted by atomic mass is 9.91. The second kappa shape index (κ2) is 4.74. The number of halogens is 2. The third-order valence-electron chi connectivity index (χ3n) is 2.93. The molecule has 0 saturated heterocycles. The molecule has 86 valence electrons. The van der Waals surface area contributed by atoms with E-state index in [0.29, 0.717) is 0 Å². The van der Waals surface area contributed by atoms with Gasteiger partial charge in [-0.15, -0.1) is 0 Å². The van der Waals surface area contributed by atoms with Gasteiger partial charge in [-0.05, 0) is 49.5 Å². The lowest BCUT2D eigenvalue weighted by Gasteiger charge is -2.19. The highest BCUT2D eigenvalue weighted by Crippen LogP contribution is 2.31. The lowest BCUT2D eigenvalue weighted by Crippen LogP contribution is -2.07. The molecule has 0 spiro atoms. The largest absolute Gasteiger partial charge is 0.384 e. The van der Waals surface area contributed by atoms with Crippen LogP contribution < -0.4 is 0 Å². The van der Waals surface area contributed by atoms with Crippen molar-refractivity contribution in [3.05, 3.63) is 47.0 Å². The Morgan fingerprint density at radius 2 is 2.00 bits per heavy atom. The summed E-state index contributed by atoms with van der Waals surface area (Å²) in [5, 5.41) is 9.98. The van der Waals surface area contributed by atoms with E-state index in [-0.39, 0.29) is 5.56 Å². The summed E-state index contributed by atoms with van der Waals surface area (Å²) in [6, 6.07) is 3.17. The zero-order valence-electron chi connectivity index (χ0n) is 8.92. The Kier molecular flexibility index (Phi) is 3.34. The van der Waals surface area contributed by atoms with Crippen LogP contribution in [0.4, 0.5) is 8.78 Å². The monoisotopic (exact) mass is 224 g/mol. The summed E-state index contributed by atoms with van der Waals surface area (Å²) in [5.41, 5.74) is 0.837. The molecule has 1 aromatic carbocycles. The van der Waals surface area contributed by atoms with Crippen LogP contribution in [0.3, 0.4) is 0 Å². The highest BCUT2D eigenvalue weighted by molar-refractivity contribution is 5.28. The van der Waals surface area contributed by atoms with Gasteiger partial charge in [0.15, 0.2) is 0 Å². The van der Waals surface area contributed by atoms with Crippen molar-refractivity contribution < 1.29 is 13.9 Å². The van der Waals surface area contributed by atoms with Crippen LogP contribution in [-0.4, -0.2) is 5.11 Å². The molecular formula is C13H14F2O. The van der Waals surface area contributed by atoms with Crippen molar-refractivity contribution >= 4 is 0 Å². The zero-order valence-corrected chi connectivity index (χ0v) is 8.92. The van der Waals surface area contributed by atoms with Gasteiger partial charge in [-0.3, -0.25) is 0 Å². The molecule has 1 aliphatic rings. The standard InChI is InChI=1S/C13H14F2O/c14-10-6-7-12(15)11(8-10)13(16)9-4-2-1-3-5-9/h4,6-8,13,16H,1-3,5H2. The van der Waals surface area contributed by atoms with Gasteiger partial charge in [0.1, 0.15) is 17.7 Å². The summed E-state index contributed by atoms with van der Waals surface area (Å²) >= 11 is 0. The van der Waals surface area contributed by atoms with E-state index < -0.39 is 17.7 Å². The maximum atomic E-state index is 13.4. The molecule has 1 aromatic rings. The van der Waals surface area contributed by atoms with Gasteiger partial charge >= 0.3 is 0 Å². The maximum absolute atomic E-state index is 13.4. The fourth-order valence-corrected chi connectivity index (χ4v) is 2.04. The van der Waals surface area contributed by atoms with Crippen LogP contribution in [0.25, 0.3) is 0 Å². The Hall–Kier alpha value is -1.22. The lowest BCUT2D eigenvalue weighted by molar-refractivity contribution is 0.202. The van der Waals surface area contributed by atoms with Gasteiger partial charge in [0.05, 0.1) is 0 Å². The average molecular weight is 224 g/mol. The van der Waals surface area contributed by atoms with E-state index >= 15 is 0 Å². The zero-order chi connectivity index (χ0) is 11.5. The predicted octanol–water partition coefficient (Wildman–Crippen LogP) is 3.50. The van der Waals surface area contributed by atoms with E-state index in [1.807, 2.05) is 6.08 Å². The van der Waals surface area contributed by atoms with Crippen molar-refractivity contribution in [1.29, 1.82) is 0 Å². The fourth-order valence-electron chi connectivity index (χ4n) is 2.04. The molecule has 1 unspecified atom stereocenters. The SMILES string of the molecule is OC(C1=CCCCC1)c1cc(F)ccc1F. The smallest absolute Gasteiger partial charge is 0.129 e. The molecule has 0 bridgehead atoms. The van der Waals surface area contributed by atoms with Gasteiger partial charge < -0.3 is 5.11 Å². The molecule has 2 rings (SSSR count). The summed E-state index contributed by atoms with van der Waals surface area (Å²) < 4.78 is 26.4. The van der Waals surface area contributed by atoms with Gasteiger partial charge in [-0.25, -0.2) is 8.78 Å². The first kappa shape index (κ1) is 11.3. The van der Waals surface area contributed by atoms with Crippen LogP contribution in [0.15, 0.2) is 29.8 Å². The molecular weight excluding hydrogens is 210 g/mol. The molecule has 0 aromatic heterocycles. The number of hydrogen-bond acceptors (Lipinski definition) is 1. The summed E-state index contributed by atoms with van der Waals surface area (Å²) in [7, 11) is 0. The topological polar surface area (TPSA) is 20.2 Å². The number of allylic oxidation sites excluding steroid dienone is 1. The minimum Gasteiger partial charge on any atom is -0.384 e. The molecule has 0 radical (unpaired) electrons. The maximum Gasteiger partial charge on any atom is 0.129 e. The summed E-state index contributed by atoms with van der Waals surface area (Å²) in [4.78, 5) is 0. The predicted molar refractivity (Wildman–Crippen MR) is 57.9 cm³/mol. The van der Waals surface area contributed by atoms with Crippen LogP contribution in [0.2, 0.25) is 0 Å². The molecule has 16 heavy (non-hydrogen) atoms. The first-order chi connectivity index (χ1) is 7.68. The van der Waals surface area contributed by atoms with Crippen LogP contribution in [-0.2, 0) is 0 Å². The number of aliphatic hydroxyl groups excluding tert-OH is 1. The van der Waals surface area contributed by atoms with Crippen LogP contribution in [0.5, 0.6) is 0 Å². The van der Waals surface area contributed by atoms with E-state index in [2.05, 4.69) is 0 Å². The Morgan fingerprint density at radius 1 is 1.19 bits per heavy atom. The third kappa shape index (κ3) is 2.30. The first-order valence-electron chi connectivity index (χ1n) is 5.50. The van der Waals surface area contributed by atoms with Crippen LogP contribution in [0.1, 0.15) is 37.4 Å². The van der Waals surface area contributed by atoms with Crippen molar-refractivity contribution in [2.24, 2.45) is 0 Å². The molecule has 1 N–H and O–H groups in total. The van der Waals surface area contributed by atoms with E-state index in [0.717, 1.165) is 49.5 Å². The normalized spacial score (nSPS) is 18.1. The number of hydrogen-bond donors (Lipinski definition) is 1. The van der Waals surface area contributed by atoms with Crippen molar-refractivity contribution in [3.8, 4) is 0 Å². The van der Waals surface area contributed by atoms with E-state index in [1.165, 1.54) is 0 Å². The Balaban J connectivity index is 2.29. The number of rotatable bonds is 2. The van der Waals surface area contributed by atoms with E-state index in [9.17, 15) is 13.9 Å². The van der Waals surface area contributed by atoms with Crippen molar-refractivity contribution in [3.63, 3.8) is 0 Å². The van der Waals surface area contributed by atoms with Gasteiger partial charge in [0.2, 0.25) is 0 Å². The van der Waals surface area contributed by atoms with Crippen molar-refractivity contribution in [1.82, 2.24) is 0 Å². The highest BCUT2D eigenvalue weighted by Gasteiger charge is 2.19. The molecule has 0 fully saturated rings. The Bertz CT molecular complexity index is 412. The molecule has 0 amide bonds. The molecule has 1 atom stereocenters. The van der Waals surface area contributed by atoms with Gasteiger partial charge in [0, 0.05) is 5.56 Å². The average Bonchev–Trinajstić information content (AvgIpc) is 2.32. The summed E-state index contributed by atoms with van der Waals surface area (Å²) in [6.07, 6.45) is 4.69. The molecule has 0 aliphatic heterocycles. The number of benzene rings is 1. The fraction of sp³-hybridized carbons (Fsp3) is 0.385. The van der Waals surface area contributed by atoms with E-state index in [1.54, 1.807) is 0 Å².